The van der Waals surface area contributed by atoms with Gasteiger partial charge in [0.15, 0.2) is 0 Å². The lowest BCUT2D eigenvalue weighted by molar-refractivity contribution is 0.385. The van der Waals surface area contributed by atoms with E-state index in [4.69, 9.17) is 12.2 Å². The zero-order chi connectivity index (χ0) is 23.2. The van der Waals surface area contributed by atoms with Gasteiger partial charge in [0.05, 0.1) is 0 Å². The third-order valence-corrected chi connectivity index (χ3v) is 5.40. The number of rotatable bonds is 3. The van der Waals surface area contributed by atoms with E-state index >= 15 is 0 Å². The summed E-state index contributed by atoms with van der Waals surface area (Å²) in [5, 5.41) is 6.76. The van der Waals surface area contributed by atoms with Gasteiger partial charge in [-0.3, -0.25) is 5.32 Å². The van der Waals surface area contributed by atoms with Crippen LogP contribution in [0.1, 0.15) is 11.4 Å². The molecule has 1 aliphatic heterocycles. The summed E-state index contributed by atoms with van der Waals surface area (Å²) in [5.41, 5.74) is 3.61. The van der Waals surface area contributed by atoms with Gasteiger partial charge in [0.2, 0.25) is 17.0 Å². The van der Waals surface area contributed by atoms with E-state index in [2.05, 4.69) is 35.4 Å². The Labute approximate surface area is 198 Å². The molecular weight excluding hydrogens is 437 g/mol. The molecule has 1 fully saturated rings. The molecule has 33 heavy (non-hydrogen) atoms. The highest BCUT2D eigenvalue weighted by Crippen LogP contribution is 2.18. The zero-order valence-corrected chi connectivity index (χ0v) is 19.4. The van der Waals surface area contributed by atoms with Crippen molar-refractivity contribution in [2.75, 3.05) is 41.7 Å². The number of para-hydroxylation sites is 1. The van der Waals surface area contributed by atoms with Gasteiger partial charge in [-0.2, -0.15) is 4.99 Å². The van der Waals surface area contributed by atoms with Gasteiger partial charge in [-0.25, -0.2) is 14.4 Å². The summed E-state index contributed by atoms with van der Waals surface area (Å²) in [6, 6.07) is 18.2. The normalized spacial score (nSPS) is 14.2. The van der Waals surface area contributed by atoms with Crippen molar-refractivity contribution >= 4 is 40.6 Å². The Kier molecular flexibility index (Phi) is 7.09. The second-order valence-electron chi connectivity index (χ2n) is 7.78. The second kappa shape index (κ2) is 10.4. The molecule has 1 aromatic heterocycles. The summed E-state index contributed by atoms with van der Waals surface area (Å²) >= 11 is 5.51. The van der Waals surface area contributed by atoms with E-state index < -0.39 is 0 Å². The van der Waals surface area contributed by atoms with Gasteiger partial charge in [-0.15, -0.1) is 0 Å². The molecule has 2 N–H and O–H groups in total. The summed E-state index contributed by atoms with van der Waals surface area (Å²) in [5.74, 6) is 0.839. The van der Waals surface area contributed by atoms with E-state index in [9.17, 15) is 4.39 Å². The lowest BCUT2D eigenvalue weighted by Gasteiger charge is -2.37. The van der Waals surface area contributed by atoms with Crippen LogP contribution in [0.25, 0.3) is 0 Å². The SMILES string of the molecule is Cc1cc(C)nc(N/C(=N/C(=S)Nc2ccccc2)N2CCN(c3ccc(F)cc3)CC2)n1. The minimum Gasteiger partial charge on any atom is -0.368 e. The third-order valence-electron chi connectivity index (χ3n) is 5.21. The van der Waals surface area contributed by atoms with Gasteiger partial charge >= 0.3 is 0 Å². The van der Waals surface area contributed by atoms with Gasteiger partial charge in [-0.05, 0) is 68.5 Å². The minimum atomic E-state index is -0.233. The number of hydrogen-bond donors (Lipinski definition) is 2. The van der Waals surface area contributed by atoms with Crippen molar-refractivity contribution in [2.24, 2.45) is 4.99 Å². The molecule has 0 aliphatic carbocycles. The predicted molar refractivity (Wildman–Crippen MR) is 135 cm³/mol. The Bertz CT molecular complexity index is 1110. The van der Waals surface area contributed by atoms with Gasteiger partial charge in [0.25, 0.3) is 0 Å². The predicted octanol–water partition coefficient (Wildman–Crippen LogP) is 4.22. The largest absolute Gasteiger partial charge is 0.368 e. The first kappa shape index (κ1) is 22.6. The lowest BCUT2D eigenvalue weighted by atomic mass is 10.2. The number of piperazine rings is 1. The summed E-state index contributed by atoms with van der Waals surface area (Å²) in [6.07, 6.45) is 0. The highest BCUT2D eigenvalue weighted by atomic mass is 32.1. The van der Waals surface area contributed by atoms with Crippen LogP contribution in [0.2, 0.25) is 0 Å². The summed E-state index contributed by atoms with van der Waals surface area (Å²) in [4.78, 5) is 18.0. The Morgan fingerprint density at radius 2 is 1.55 bits per heavy atom. The number of benzene rings is 2. The number of thiocarbonyl (C=S) groups is 1. The molecule has 0 amide bonds. The molecule has 9 heteroatoms. The number of aliphatic imine (C=N–C) groups is 1. The van der Waals surface area contributed by atoms with E-state index in [-0.39, 0.29) is 5.82 Å². The molecule has 4 rings (SSSR count). The van der Waals surface area contributed by atoms with Crippen molar-refractivity contribution < 1.29 is 4.39 Å². The molecule has 0 bridgehead atoms. The molecule has 0 radical (unpaired) electrons. The van der Waals surface area contributed by atoms with E-state index in [1.54, 1.807) is 12.1 Å². The minimum absolute atomic E-state index is 0.233. The van der Waals surface area contributed by atoms with E-state index in [0.29, 0.717) is 30.1 Å². The van der Waals surface area contributed by atoms with Crippen LogP contribution in [0.15, 0.2) is 65.7 Å². The van der Waals surface area contributed by atoms with Crippen molar-refractivity contribution in [1.82, 2.24) is 14.9 Å². The molecule has 0 atom stereocenters. The van der Waals surface area contributed by atoms with Crippen LogP contribution in [0.5, 0.6) is 0 Å². The van der Waals surface area contributed by atoms with Crippen molar-refractivity contribution in [2.45, 2.75) is 13.8 Å². The Hall–Kier alpha value is -3.59. The van der Waals surface area contributed by atoms with E-state index in [0.717, 1.165) is 35.9 Å². The molecule has 0 saturated carbocycles. The van der Waals surface area contributed by atoms with Crippen molar-refractivity contribution in [1.29, 1.82) is 0 Å². The van der Waals surface area contributed by atoms with Gasteiger partial charge in [-0.1, -0.05) is 18.2 Å². The second-order valence-corrected chi connectivity index (χ2v) is 8.17. The number of aryl methyl sites for hydroxylation is 2. The fourth-order valence-electron chi connectivity index (χ4n) is 3.66. The number of aromatic nitrogens is 2. The number of anilines is 3. The molecular formula is C24H26FN7S. The number of nitrogens with one attached hydrogen (secondary N) is 2. The first-order valence-corrected chi connectivity index (χ1v) is 11.2. The molecule has 2 heterocycles. The molecule has 7 nitrogen and oxygen atoms in total. The molecule has 1 saturated heterocycles. The lowest BCUT2D eigenvalue weighted by Crippen LogP contribution is -2.51. The van der Waals surface area contributed by atoms with Crippen LogP contribution < -0.4 is 15.5 Å². The topological polar surface area (TPSA) is 68.7 Å². The average Bonchev–Trinajstić information content (AvgIpc) is 2.79. The number of hydrogen-bond acceptors (Lipinski definition) is 4. The van der Waals surface area contributed by atoms with Gasteiger partial charge < -0.3 is 15.1 Å². The molecule has 1 aliphatic rings. The fraction of sp³-hybridized carbons (Fsp3) is 0.250. The van der Waals surface area contributed by atoms with Crippen LogP contribution in [-0.4, -0.2) is 52.1 Å². The number of halogens is 1. The maximum Gasteiger partial charge on any atom is 0.229 e. The van der Waals surface area contributed by atoms with Crippen LogP contribution in [0, 0.1) is 19.7 Å². The molecule has 0 unspecified atom stereocenters. The van der Waals surface area contributed by atoms with Gasteiger partial charge in [0.1, 0.15) is 5.82 Å². The average molecular weight is 464 g/mol. The maximum absolute atomic E-state index is 13.3. The first-order valence-electron chi connectivity index (χ1n) is 10.8. The van der Waals surface area contributed by atoms with Crippen LogP contribution in [0.3, 0.4) is 0 Å². The smallest absolute Gasteiger partial charge is 0.229 e. The maximum atomic E-state index is 13.3. The van der Waals surface area contributed by atoms with E-state index in [1.807, 2.05) is 50.2 Å². The standard InChI is InChI=1S/C24H26FN7S/c1-17-16-18(2)27-22(26-17)29-23(30-24(33)28-20-6-4-3-5-7-20)32-14-12-31(13-15-32)21-10-8-19(25)9-11-21/h3-11,16H,12-15H2,1-2H3,(H2,26,27,28,29,30,33). The molecule has 2 aromatic carbocycles. The highest BCUT2D eigenvalue weighted by Gasteiger charge is 2.21. The van der Waals surface area contributed by atoms with Crippen LogP contribution in [0.4, 0.5) is 21.7 Å². The van der Waals surface area contributed by atoms with Crippen molar-refractivity contribution in [3.05, 3.63) is 77.9 Å². The van der Waals surface area contributed by atoms with Crippen LogP contribution in [-0.2, 0) is 0 Å². The summed E-state index contributed by atoms with van der Waals surface area (Å²) < 4.78 is 13.3. The van der Waals surface area contributed by atoms with Crippen molar-refractivity contribution in [3.8, 4) is 0 Å². The Morgan fingerprint density at radius 3 is 2.18 bits per heavy atom. The van der Waals surface area contributed by atoms with E-state index in [1.165, 1.54) is 12.1 Å². The quantitative estimate of drug-likeness (QED) is 0.342. The van der Waals surface area contributed by atoms with Gasteiger partial charge in [0, 0.05) is 48.9 Å². The first-order chi connectivity index (χ1) is 16.0. The number of nitrogens with zero attached hydrogens (tertiary/aromatic N) is 5. The summed E-state index contributed by atoms with van der Waals surface area (Å²) in [7, 11) is 0. The molecule has 170 valence electrons. The fourth-order valence-corrected chi connectivity index (χ4v) is 3.86. The molecule has 3 aromatic rings. The Balaban J connectivity index is 1.51. The van der Waals surface area contributed by atoms with Crippen LogP contribution >= 0.6 is 12.2 Å². The van der Waals surface area contributed by atoms with Crippen molar-refractivity contribution in [3.63, 3.8) is 0 Å². The monoisotopic (exact) mass is 463 g/mol. The zero-order valence-electron chi connectivity index (χ0n) is 18.6. The highest BCUT2D eigenvalue weighted by molar-refractivity contribution is 7.80. The summed E-state index contributed by atoms with van der Waals surface area (Å²) in [6.45, 7) is 6.81. The Morgan fingerprint density at radius 1 is 0.909 bits per heavy atom. The number of guanidine groups is 1. The molecule has 0 spiro atoms. The third kappa shape index (κ3) is 6.23.